The molecule has 0 unspecified atom stereocenters. The molecule has 1 aliphatic rings. The molecule has 1 aliphatic heterocycles. The van der Waals surface area contributed by atoms with Gasteiger partial charge in [0.2, 0.25) is 0 Å². The average Bonchev–Trinajstić information content (AvgIpc) is 2.82. The van der Waals surface area contributed by atoms with Crippen molar-refractivity contribution in [2.24, 2.45) is 0 Å². The molecule has 1 saturated heterocycles. The predicted octanol–water partition coefficient (Wildman–Crippen LogP) is 3.15. The smallest absolute Gasteiger partial charge is 0.341 e. The van der Waals surface area contributed by atoms with Crippen LogP contribution in [0.3, 0.4) is 0 Å². The molecule has 4 heteroatoms. The number of ether oxygens (including phenoxy) is 3. The van der Waals surface area contributed by atoms with Gasteiger partial charge in [0.05, 0.1) is 13.7 Å². The largest absolute Gasteiger partial charge is 0.467 e. The van der Waals surface area contributed by atoms with E-state index in [2.05, 4.69) is 25.6 Å². The Morgan fingerprint density at radius 1 is 1.43 bits per heavy atom. The molecule has 2 atom stereocenters. The van der Waals surface area contributed by atoms with Crippen LogP contribution in [0.5, 0.6) is 0 Å². The number of hydrogen-bond donors (Lipinski definition) is 0. The van der Waals surface area contributed by atoms with Crippen molar-refractivity contribution in [1.29, 1.82) is 0 Å². The summed E-state index contributed by atoms with van der Waals surface area (Å²) in [7, 11) is 1.35. The zero-order valence-corrected chi connectivity index (χ0v) is 13.1. The van der Waals surface area contributed by atoms with Gasteiger partial charge < -0.3 is 14.2 Å². The summed E-state index contributed by atoms with van der Waals surface area (Å²) in [5.41, 5.74) is 3.27. The summed E-state index contributed by atoms with van der Waals surface area (Å²) in [6.07, 6.45) is 1.46. The number of benzene rings is 1. The highest BCUT2D eigenvalue weighted by Crippen LogP contribution is 2.39. The van der Waals surface area contributed by atoms with Gasteiger partial charge in [-0.05, 0) is 31.9 Å². The Bertz CT molecular complexity index is 541. The van der Waals surface area contributed by atoms with Crippen LogP contribution in [-0.4, -0.2) is 25.3 Å². The maximum Gasteiger partial charge on any atom is 0.341 e. The summed E-state index contributed by atoms with van der Waals surface area (Å²) >= 11 is 0. The Balaban J connectivity index is 2.33. The molecule has 0 spiro atoms. The summed E-state index contributed by atoms with van der Waals surface area (Å²) in [5, 5.41) is 0. The minimum atomic E-state index is -1.09. The lowest BCUT2D eigenvalue weighted by atomic mass is 9.99. The predicted molar refractivity (Wildman–Crippen MR) is 80.0 cm³/mol. The van der Waals surface area contributed by atoms with Crippen LogP contribution in [0.1, 0.15) is 35.0 Å². The van der Waals surface area contributed by atoms with Gasteiger partial charge in [0, 0.05) is 12.0 Å². The monoisotopic (exact) mass is 290 g/mol. The third kappa shape index (κ3) is 2.87. The van der Waals surface area contributed by atoms with E-state index in [4.69, 9.17) is 14.2 Å². The van der Waals surface area contributed by atoms with Crippen molar-refractivity contribution in [3.05, 3.63) is 47.0 Å². The van der Waals surface area contributed by atoms with Gasteiger partial charge in [-0.2, -0.15) is 0 Å². The van der Waals surface area contributed by atoms with E-state index in [1.54, 1.807) is 6.08 Å². The van der Waals surface area contributed by atoms with E-state index < -0.39 is 17.9 Å². The number of methoxy groups -OCH3 is 1. The van der Waals surface area contributed by atoms with E-state index in [0.717, 1.165) is 16.7 Å². The fourth-order valence-electron chi connectivity index (χ4n) is 2.91. The van der Waals surface area contributed by atoms with Crippen LogP contribution in [0.2, 0.25) is 0 Å². The summed E-state index contributed by atoms with van der Waals surface area (Å²) in [4.78, 5) is 12.1. The normalized spacial score (nSPS) is 24.9. The zero-order chi connectivity index (χ0) is 15.6. The van der Waals surface area contributed by atoms with Gasteiger partial charge in [-0.25, -0.2) is 4.79 Å². The first kappa shape index (κ1) is 15.7. The van der Waals surface area contributed by atoms with Crippen LogP contribution in [0.15, 0.2) is 24.8 Å². The lowest BCUT2D eigenvalue weighted by Gasteiger charge is -2.24. The number of carbonyl (C=O) groups excluding carboxylic acids is 1. The fraction of sp³-hybridized carbons (Fsp3) is 0.471. The van der Waals surface area contributed by atoms with Gasteiger partial charge in [0.15, 0.2) is 11.9 Å². The van der Waals surface area contributed by atoms with E-state index in [-0.39, 0.29) is 6.61 Å². The topological polar surface area (TPSA) is 44.8 Å². The van der Waals surface area contributed by atoms with E-state index in [1.165, 1.54) is 12.7 Å². The SMILES string of the molecule is C=CC[C@]1(C(=O)OC)CO[C@@H](c2c(C)cc(C)cc2C)O1. The molecule has 0 aliphatic carbocycles. The highest BCUT2D eigenvalue weighted by Gasteiger charge is 2.48. The van der Waals surface area contributed by atoms with Gasteiger partial charge in [0.25, 0.3) is 0 Å². The van der Waals surface area contributed by atoms with Gasteiger partial charge >= 0.3 is 5.97 Å². The van der Waals surface area contributed by atoms with Crippen molar-refractivity contribution in [2.45, 2.75) is 39.1 Å². The van der Waals surface area contributed by atoms with E-state index >= 15 is 0 Å². The molecule has 2 rings (SSSR count). The molecule has 0 radical (unpaired) electrons. The maximum atomic E-state index is 12.1. The van der Waals surface area contributed by atoms with Crippen LogP contribution in [0.25, 0.3) is 0 Å². The molecule has 0 bridgehead atoms. The molecule has 0 aromatic heterocycles. The van der Waals surface area contributed by atoms with Crippen molar-refractivity contribution >= 4 is 5.97 Å². The number of carbonyl (C=O) groups is 1. The Kier molecular flexibility index (Phi) is 4.49. The lowest BCUT2D eigenvalue weighted by Crippen LogP contribution is -2.41. The highest BCUT2D eigenvalue weighted by molar-refractivity contribution is 5.80. The van der Waals surface area contributed by atoms with Gasteiger partial charge in [-0.1, -0.05) is 23.8 Å². The summed E-state index contributed by atoms with van der Waals surface area (Å²) in [6, 6.07) is 4.17. The summed E-state index contributed by atoms with van der Waals surface area (Å²) in [5.74, 6) is -0.424. The second kappa shape index (κ2) is 6.00. The molecule has 0 amide bonds. The number of aryl methyl sites for hydroxylation is 3. The standard InChI is InChI=1S/C17H22O4/c1-6-7-17(16(18)19-5)10-20-15(21-17)14-12(3)8-11(2)9-13(14)4/h6,8-9,15H,1,7,10H2,2-5H3/t15-,17-/m1/s1. The Morgan fingerprint density at radius 2 is 2.05 bits per heavy atom. The van der Waals surface area contributed by atoms with Crippen molar-refractivity contribution in [2.75, 3.05) is 13.7 Å². The van der Waals surface area contributed by atoms with Gasteiger partial charge in [0.1, 0.15) is 0 Å². The van der Waals surface area contributed by atoms with Crippen molar-refractivity contribution in [1.82, 2.24) is 0 Å². The summed E-state index contributed by atoms with van der Waals surface area (Å²) < 4.78 is 16.6. The van der Waals surface area contributed by atoms with Crippen LogP contribution in [0.4, 0.5) is 0 Å². The first-order chi connectivity index (χ1) is 9.93. The fourth-order valence-corrected chi connectivity index (χ4v) is 2.91. The second-order valence-electron chi connectivity index (χ2n) is 5.55. The highest BCUT2D eigenvalue weighted by atomic mass is 16.7. The van der Waals surface area contributed by atoms with Crippen LogP contribution in [-0.2, 0) is 19.0 Å². The van der Waals surface area contributed by atoms with Crippen LogP contribution in [0, 0.1) is 20.8 Å². The molecular weight excluding hydrogens is 268 g/mol. The molecular formula is C17H22O4. The molecule has 21 heavy (non-hydrogen) atoms. The maximum absolute atomic E-state index is 12.1. The van der Waals surface area contributed by atoms with Crippen molar-refractivity contribution in [3.63, 3.8) is 0 Å². The number of esters is 1. The van der Waals surface area contributed by atoms with E-state index in [9.17, 15) is 4.79 Å². The third-order valence-corrected chi connectivity index (χ3v) is 3.81. The van der Waals surface area contributed by atoms with Gasteiger partial charge in [-0.3, -0.25) is 0 Å². The van der Waals surface area contributed by atoms with E-state index in [1.807, 2.05) is 13.8 Å². The first-order valence-electron chi connectivity index (χ1n) is 7.00. The van der Waals surface area contributed by atoms with Crippen molar-refractivity contribution < 1.29 is 19.0 Å². The van der Waals surface area contributed by atoms with E-state index in [0.29, 0.717) is 6.42 Å². The molecule has 1 aromatic carbocycles. The molecule has 0 N–H and O–H groups in total. The quantitative estimate of drug-likeness (QED) is 0.631. The minimum absolute atomic E-state index is 0.170. The molecule has 0 saturated carbocycles. The number of rotatable bonds is 4. The summed E-state index contributed by atoms with van der Waals surface area (Å²) in [6.45, 7) is 9.95. The van der Waals surface area contributed by atoms with Crippen molar-refractivity contribution in [3.8, 4) is 0 Å². The lowest BCUT2D eigenvalue weighted by molar-refractivity contribution is -0.169. The molecule has 1 aromatic rings. The second-order valence-corrected chi connectivity index (χ2v) is 5.55. The average molecular weight is 290 g/mol. The Morgan fingerprint density at radius 3 is 2.57 bits per heavy atom. The molecule has 114 valence electrons. The Hall–Kier alpha value is -1.65. The number of hydrogen-bond acceptors (Lipinski definition) is 4. The third-order valence-electron chi connectivity index (χ3n) is 3.81. The van der Waals surface area contributed by atoms with Crippen LogP contribution >= 0.6 is 0 Å². The minimum Gasteiger partial charge on any atom is -0.467 e. The molecule has 1 heterocycles. The molecule has 1 fully saturated rings. The Labute approximate surface area is 125 Å². The molecule has 4 nitrogen and oxygen atoms in total. The zero-order valence-electron chi connectivity index (χ0n) is 13.1. The first-order valence-corrected chi connectivity index (χ1v) is 7.00. The van der Waals surface area contributed by atoms with Crippen LogP contribution < -0.4 is 0 Å². The van der Waals surface area contributed by atoms with Gasteiger partial charge in [-0.15, -0.1) is 6.58 Å².